The van der Waals surface area contributed by atoms with Gasteiger partial charge in [-0.25, -0.2) is 0 Å². The maximum atomic E-state index is 11.7. The third-order valence-corrected chi connectivity index (χ3v) is 2.56. The zero-order valence-electron chi connectivity index (χ0n) is 10.3. The lowest BCUT2D eigenvalue weighted by Crippen LogP contribution is -2.35. The predicted molar refractivity (Wildman–Crippen MR) is 64.7 cm³/mol. The molecule has 1 amide bonds. The zero-order valence-corrected chi connectivity index (χ0v) is 10.3. The van der Waals surface area contributed by atoms with Crippen molar-refractivity contribution in [1.82, 2.24) is 4.90 Å². The van der Waals surface area contributed by atoms with Gasteiger partial charge >= 0.3 is 5.97 Å². The number of carbonyl (C=O) groups excluding carboxylic acids is 1. The molecule has 1 atom stereocenters. The monoisotopic (exact) mass is 246 g/mol. The van der Waals surface area contributed by atoms with Gasteiger partial charge in [0.2, 0.25) is 5.91 Å². The Morgan fingerprint density at radius 1 is 1.33 bits per heavy atom. The summed E-state index contributed by atoms with van der Waals surface area (Å²) in [6.07, 6.45) is 0.123. The lowest BCUT2D eigenvalue weighted by Gasteiger charge is -2.17. The van der Waals surface area contributed by atoms with Gasteiger partial charge in [-0.05, 0) is 24.1 Å². The SMILES string of the molecule is CN(C)C(=O)C(Cc1ccc(C#N)cc1)C(=O)O. The minimum atomic E-state index is -1.14. The van der Waals surface area contributed by atoms with Crippen LogP contribution >= 0.6 is 0 Å². The number of aliphatic carboxylic acids is 1. The molecule has 0 fully saturated rings. The van der Waals surface area contributed by atoms with E-state index in [2.05, 4.69) is 0 Å². The van der Waals surface area contributed by atoms with E-state index in [1.165, 1.54) is 19.0 Å². The molecular weight excluding hydrogens is 232 g/mol. The predicted octanol–water partition coefficient (Wildman–Crippen LogP) is 0.890. The first kappa shape index (κ1) is 13.7. The second-order valence-electron chi connectivity index (χ2n) is 4.14. The maximum absolute atomic E-state index is 11.7. The number of rotatable bonds is 4. The van der Waals surface area contributed by atoms with Crippen LogP contribution in [0.2, 0.25) is 0 Å². The third kappa shape index (κ3) is 3.32. The van der Waals surface area contributed by atoms with E-state index in [-0.39, 0.29) is 6.42 Å². The van der Waals surface area contributed by atoms with Crippen LogP contribution in [0.3, 0.4) is 0 Å². The Kier molecular flexibility index (Phi) is 4.44. The fourth-order valence-corrected chi connectivity index (χ4v) is 1.54. The molecule has 94 valence electrons. The number of carboxylic acid groups (broad SMARTS) is 1. The Morgan fingerprint density at radius 3 is 2.28 bits per heavy atom. The minimum absolute atomic E-state index is 0.123. The van der Waals surface area contributed by atoms with Crippen molar-refractivity contribution in [2.45, 2.75) is 6.42 Å². The largest absolute Gasteiger partial charge is 0.481 e. The summed E-state index contributed by atoms with van der Waals surface area (Å²) in [5.41, 5.74) is 1.22. The molecule has 0 aliphatic carbocycles. The van der Waals surface area contributed by atoms with E-state index in [9.17, 15) is 9.59 Å². The zero-order chi connectivity index (χ0) is 13.7. The molecule has 5 heteroatoms. The van der Waals surface area contributed by atoms with Crippen molar-refractivity contribution in [3.63, 3.8) is 0 Å². The molecule has 0 spiro atoms. The number of nitrogens with zero attached hydrogens (tertiary/aromatic N) is 2. The average molecular weight is 246 g/mol. The van der Waals surface area contributed by atoms with E-state index in [1.807, 2.05) is 6.07 Å². The van der Waals surface area contributed by atoms with E-state index in [1.54, 1.807) is 24.3 Å². The normalized spacial score (nSPS) is 11.4. The Hall–Kier alpha value is -2.35. The van der Waals surface area contributed by atoms with Gasteiger partial charge in [0.15, 0.2) is 0 Å². The van der Waals surface area contributed by atoms with Crippen molar-refractivity contribution < 1.29 is 14.7 Å². The van der Waals surface area contributed by atoms with Gasteiger partial charge in [0, 0.05) is 14.1 Å². The van der Waals surface area contributed by atoms with Gasteiger partial charge in [-0.15, -0.1) is 0 Å². The van der Waals surface area contributed by atoms with Crippen LogP contribution in [0.4, 0.5) is 0 Å². The Balaban J connectivity index is 2.87. The van der Waals surface area contributed by atoms with Gasteiger partial charge in [0.25, 0.3) is 0 Å². The van der Waals surface area contributed by atoms with Crippen molar-refractivity contribution in [3.8, 4) is 6.07 Å². The highest BCUT2D eigenvalue weighted by Gasteiger charge is 2.27. The number of carbonyl (C=O) groups is 2. The number of hydrogen-bond donors (Lipinski definition) is 1. The highest BCUT2D eigenvalue weighted by atomic mass is 16.4. The number of hydrogen-bond acceptors (Lipinski definition) is 3. The van der Waals surface area contributed by atoms with Crippen LogP contribution < -0.4 is 0 Å². The van der Waals surface area contributed by atoms with E-state index < -0.39 is 17.8 Å². The topological polar surface area (TPSA) is 81.4 Å². The fraction of sp³-hybridized carbons (Fsp3) is 0.308. The third-order valence-electron chi connectivity index (χ3n) is 2.56. The molecule has 1 N–H and O–H groups in total. The van der Waals surface area contributed by atoms with Gasteiger partial charge in [-0.1, -0.05) is 12.1 Å². The van der Waals surface area contributed by atoms with Crippen molar-refractivity contribution >= 4 is 11.9 Å². The van der Waals surface area contributed by atoms with Crippen LogP contribution in [0.1, 0.15) is 11.1 Å². The van der Waals surface area contributed by atoms with Gasteiger partial charge in [-0.2, -0.15) is 5.26 Å². The van der Waals surface area contributed by atoms with Crippen LogP contribution in [0, 0.1) is 17.2 Å². The van der Waals surface area contributed by atoms with E-state index >= 15 is 0 Å². The van der Waals surface area contributed by atoms with Gasteiger partial charge in [0.05, 0.1) is 11.6 Å². The van der Waals surface area contributed by atoms with Crippen molar-refractivity contribution in [2.24, 2.45) is 5.92 Å². The summed E-state index contributed by atoms with van der Waals surface area (Å²) in [6, 6.07) is 8.52. The summed E-state index contributed by atoms with van der Waals surface area (Å²) < 4.78 is 0. The average Bonchev–Trinajstić information content (AvgIpc) is 2.35. The summed E-state index contributed by atoms with van der Waals surface area (Å²) in [5, 5.41) is 17.7. The number of carboxylic acids is 1. The number of nitriles is 1. The van der Waals surface area contributed by atoms with Crippen LogP contribution in [0.25, 0.3) is 0 Å². The molecule has 0 radical (unpaired) electrons. The lowest BCUT2D eigenvalue weighted by atomic mass is 9.97. The smallest absolute Gasteiger partial charge is 0.316 e. The standard InChI is InChI=1S/C13H14N2O3/c1-15(2)12(16)11(13(17)18)7-9-3-5-10(8-14)6-4-9/h3-6,11H,7H2,1-2H3,(H,17,18). The first-order valence-electron chi connectivity index (χ1n) is 5.38. The highest BCUT2D eigenvalue weighted by molar-refractivity contribution is 5.97. The second kappa shape index (κ2) is 5.82. The minimum Gasteiger partial charge on any atom is -0.481 e. The number of benzene rings is 1. The van der Waals surface area contributed by atoms with Gasteiger partial charge in [0.1, 0.15) is 5.92 Å². The van der Waals surface area contributed by atoms with Crippen molar-refractivity contribution in [3.05, 3.63) is 35.4 Å². The summed E-state index contributed by atoms with van der Waals surface area (Å²) in [4.78, 5) is 24.0. The summed E-state index contributed by atoms with van der Waals surface area (Å²) >= 11 is 0. The molecule has 0 bridgehead atoms. The fourth-order valence-electron chi connectivity index (χ4n) is 1.54. The Morgan fingerprint density at radius 2 is 1.89 bits per heavy atom. The molecule has 5 nitrogen and oxygen atoms in total. The van der Waals surface area contributed by atoms with Crippen LogP contribution in [-0.2, 0) is 16.0 Å². The van der Waals surface area contributed by atoms with Crippen LogP contribution in [0.5, 0.6) is 0 Å². The van der Waals surface area contributed by atoms with E-state index in [0.717, 1.165) is 5.56 Å². The molecule has 1 aromatic rings. The molecule has 0 aliphatic rings. The van der Waals surface area contributed by atoms with E-state index in [0.29, 0.717) is 5.56 Å². The van der Waals surface area contributed by atoms with Crippen LogP contribution in [-0.4, -0.2) is 36.0 Å². The molecule has 18 heavy (non-hydrogen) atoms. The molecule has 1 aromatic carbocycles. The molecule has 1 rings (SSSR count). The van der Waals surface area contributed by atoms with Gasteiger partial charge < -0.3 is 10.0 Å². The van der Waals surface area contributed by atoms with Crippen molar-refractivity contribution in [1.29, 1.82) is 5.26 Å². The first-order valence-corrected chi connectivity index (χ1v) is 5.38. The lowest BCUT2D eigenvalue weighted by molar-refractivity contribution is -0.150. The maximum Gasteiger partial charge on any atom is 0.316 e. The van der Waals surface area contributed by atoms with Crippen LogP contribution in [0.15, 0.2) is 24.3 Å². The molecule has 0 saturated carbocycles. The summed E-state index contributed by atoms with van der Waals surface area (Å²) in [6.45, 7) is 0. The Bertz CT molecular complexity index is 486. The van der Waals surface area contributed by atoms with Crippen molar-refractivity contribution in [2.75, 3.05) is 14.1 Å². The molecule has 0 saturated heterocycles. The molecule has 0 aromatic heterocycles. The number of amides is 1. The quantitative estimate of drug-likeness (QED) is 0.800. The van der Waals surface area contributed by atoms with Gasteiger partial charge in [-0.3, -0.25) is 9.59 Å². The Labute approximate surface area is 105 Å². The highest BCUT2D eigenvalue weighted by Crippen LogP contribution is 2.12. The molecular formula is C13H14N2O3. The molecule has 1 unspecified atom stereocenters. The first-order chi connectivity index (χ1) is 8.45. The molecule has 0 aliphatic heterocycles. The summed E-state index contributed by atoms with van der Waals surface area (Å²) in [5.74, 6) is -2.67. The second-order valence-corrected chi connectivity index (χ2v) is 4.14. The molecule has 0 heterocycles. The summed E-state index contributed by atoms with van der Waals surface area (Å²) in [7, 11) is 3.05. The van der Waals surface area contributed by atoms with E-state index in [4.69, 9.17) is 10.4 Å².